The molecule has 4 nitrogen and oxygen atoms in total. The summed E-state index contributed by atoms with van der Waals surface area (Å²) < 4.78 is 4.99. The number of phenols is 1. The Morgan fingerprint density at radius 2 is 1.96 bits per heavy atom. The van der Waals surface area contributed by atoms with E-state index in [2.05, 4.69) is 0 Å². The summed E-state index contributed by atoms with van der Waals surface area (Å²) in [6, 6.07) is 11.3. The molecule has 0 radical (unpaired) electrons. The van der Waals surface area contributed by atoms with Crippen LogP contribution in [-0.2, 0) is 4.79 Å². The second-order valence-electron chi connectivity index (χ2n) is 4.81. The molecule has 2 aromatic carbocycles. The second kappa shape index (κ2) is 7.61. The van der Waals surface area contributed by atoms with Gasteiger partial charge in [-0.3, -0.25) is 9.59 Å². The number of Topliss-reactive ketones (excluding diaryl/α,β-unsaturated/α-hetero) is 1. The lowest BCUT2D eigenvalue weighted by atomic mass is 10.1. The summed E-state index contributed by atoms with van der Waals surface area (Å²) in [4.78, 5) is 23.9. The van der Waals surface area contributed by atoms with Gasteiger partial charge in [0.2, 0.25) is 0 Å². The highest BCUT2D eigenvalue weighted by molar-refractivity contribution is 6.34. The molecular weight excluding hydrogens is 316 g/mol. The SMILES string of the molecule is COc1cc(/C=C/C(=O)CC(=O)c2ccccc2Cl)ccc1O. The van der Waals surface area contributed by atoms with Crippen molar-refractivity contribution in [1.29, 1.82) is 0 Å². The van der Waals surface area contributed by atoms with Gasteiger partial charge in [-0.1, -0.05) is 35.9 Å². The Balaban J connectivity index is 2.05. The third-order valence-electron chi connectivity index (χ3n) is 3.17. The van der Waals surface area contributed by atoms with Crippen LogP contribution in [0.4, 0.5) is 0 Å². The molecule has 0 amide bonds. The van der Waals surface area contributed by atoms with E-state index in [9.17, 15) is 14.7 Å². The third-order valence-corrected chi connectivity index (χ3v) is 3.50. The fraction of sp³-hybridized carbons (Fsp3) is 0.111. The number of methoxy groups -OCH3 is 1. The molecule has 5 heteroatoms. The zero-order valence-electron chi connectivity index (χ0n) is 12.5. The largest absolute Gasteiger partial charge is 0.504 e. The van der Waals surface area contributed by atoms with E-state index < -0.39 is 0 Å². The van der Waals surface area contributed by atoms with Crippen LogP contribution in [0, 0.1) is 0 Å². The summed E-state index contributed by atoms with van der Waals surface area (Å²) in [5.41, 5.74) is 1.01. The van der Waals surface area contributed by atoms with Gasteiger partial charge in [-0.25, -0.2) is 0 Å². The van der Waals surface area contributed by atoms with Crippen LogP contribution in [0.2, 0.25) is 5.02 Å². The van der Waals surface area contributed by atoms with Crippen LogP contribution < -0.4 is 4.74 Å². The van der Waals surface area contributed by atoms with E-state index in [-0.39, 0.29) is 23.7 Å². The Hall–Kier alpha value is -2.59. The number of halogens is 1. The summed E-state index contributed by atoms with van der Waals surface area (Å²) >= 11 is 5.94. The predicted octanol–water partition coefficient (Wildman–Crippen LogP) is 3.91. The molecule has 0 saturated carbocycles. The van der Waals surface area contributed by atoms with Crippen molar-refractivity contribution >= 4 is 29.2 Å². The topological polar surface area (TPSA) is 63.6 Å². The van der Waals surface area contributed by atoms with Gasteiger partial charge in [0.1, 0.15) is 0 Å². The summed E-state index contributed by atoms with van der Waals surface area (Å²) in [5.74, 6) is -0.327. The molecule has 0 aliphatic carbocycles. The van der Waals surface area contributed by atoms with Crippen molar-refractivity contribution in [2.75, 3.05) is 7.11 Å². The Morgan fingerprint density at radius 3 is 2.65 bits per heavy atom. The lowest BCUT2D eigenvalue weighted by Gasteiger charge is -2.03. The second-order valence-corrected chi connectivity index (χ2v) is 5.22. The Morgan fingerprint density at radius 1 is 1.22 bits per heavy atom. The number of rotatable bonds is 6. The summed E-state index contributed by atoms with van der Waals surface area (Å²) in [5, 5.41) is 9.84. The van der Waals surface area contributed by atoms with Crippen LogP contribution in [0.5, 0.6) is 11.5 Å². The number of carbonyl (C=O) groups excluding carboxylic acids is 2. The van der Waals surface area contributed by atoms with E-state index in [1.54, 1.807) is 42.5 Å². The van der Waals surface area contributed by atoms with E-state index in [0.717, 1.165) is 0 Å². The molecule has 2 aromatic rings. The number of ether oxygens (including phenoxy) is 1. The van der Waals surface area contributed by atoms with Gasteiger partial charge in [0.15, 0.2) is 23.1 Å². The monoisotopic (exact) mass is 330 g/mol. The first-order valence-corrected chi connectivity index (χ1v) is 7.24. The minimum Gasteiger partial charge on any atom is -0.504 e. The van der Waals surface area contributed by atoms with Crippen molar-refractivity contribution in [2.24, 2.45) is 0 Å². The van der Waals surface area contributed by atoms with Gasteiger partial charge < -0.3 is 9.84 Å². The molecular formula is C18H15ClO4. The van der Waals surface area contributed by atoms with E-state index in [1.165, 1.54) is 19.3 Å². The van der Waals surface area contributed by atoms with Crippen LogP contribution in [0.3, 0.4) is 0 Å². The van der Waals surface area contributed by atoms with E-state index in [0.29, 0.717) is 21.9 Å². The first kappa shape index (κ1) is 16.8. The van der Waals surface area contributed by atoms with Gasteiger partial charge in [-0.05, 0) is 35.9 Å². The van der Waals surface area contributed by atoms with Crippen LogP contribution >= 0.6 is 11.6 Å². The Bertz CT molecular complexity index is 765. The lowest BCUT2D eigenvalue weighted by Crippen LogP contribution is -2.06. The molecule has 0 aromatic heterocycles. The minimum atomic E-state index is -0.332. The molecule has 0 bridgehead atoms. The van der Waals surface area contributed by atoms with Crippen molar-refractivity contribution in [3.8, 4) is 11.5 Å². The highest BCUT2D eigenvalue weighted by Gasteiger charge is 2.12. The molecule has 1 N–H and O–H groups in total. The van der Waals surface area contributed by atoms with Gasteiger partial charge >= 0.3 is 0 Å². The number of ketones is 2. The summed E-state index contributed by atoms with van der Waals surface area (Å²) in [6.45, 7) is 0. The number of phenolic OH excluding ortho intramolecular Hbond substituents is 1. The predicted molar refractivity (Wildman–Crippen MR) is 89.1 cm³/mol. The molecule has 0 spiro atoms. The minimum absolute atomic E-state index is 0.0184. The molecule has 23 heavy (non-hydrogen) atoms. The van der Waals surface area contributed by atoms with Crippen molar-refractivity contribution in [1.82, 2.24) is 0 Å². The van der Waals surface area contributed by atoms with Crippen molar-refractivity contribution in [3.63, 3.8) is 0 Å². The van der Waals surface area contributed by atoms with Crippen molar-refractivity contribution in [2.45, 2.75) is 6.42 Å². The average molecular weight is 331 g/mol. The maximum absolute atomic E-state index is 12.0. The van der Waals surface area contributed by atoms with E-state index in [1.807, 2.05) is 0 Å². The van der Waals surface area contributed by atoms with Gasteiger partial charge in [0.25, 0.3) is 0 Å². The molecule has 0 heterocycles. The quantitative estimate of drug-likeness (QED) is 0.495. The standard InChI is InChI=1S/C18H15ClO4/c1-23-18-10-12(7-9-16(18)21)6-8-13(20)11-17(22)14-4-2-3-5-15(14)19/h2-10,21H,11H2,1H3/b8-6+. The smallest absolute Gasteiger partial charge is 0.172 e. The molecule has 0 aliphatic rings. The maximum atomic E-state index is 12.0. The average Bonchev–Trinajstić information content (AvgIpc) is 2.54. The zero-order chi connectivity index (χ0) is 16.8. The molecule has 0 fully saturated rings. The number of aromatic hydroxyl groups is 1. The third kappa shape index (κ3) is 4.44. The first-order chi connectivity index (χ1) is 11.0. The number of allylic oxidation sites excluding steroid dienone is 1. The molecule has 0 unspecified atom stereocenters. The van der Waals surface area contributed by atoms with E-state index >= 15 is 0 Å². The molecule has 0 atom stereocenters. The van der Waals surface area contributed by atoms with Gasteiger partial charge in [0, 0.05) is 5.56 Å². The van der Waals surface area contributed by atoms with Gasteiger partial charge in [-0.2, -0.15) is 0 Å². The van der Waals surface area contributed by atoms with Crippen LogP contribution in [0.15, 0.2) is 48.5 Å². The van der Waals surface area contributed by atoms with Crippen molar-refractivity contribution in [3.05, 3.63) is 64.7 Å². The fourth-order valence-corrected chi connectivity index (χ4v) is 2.23. The molecule has 118 valence electrons. The number of carbonyl (C=O) groups is 2. The fourth-order valence-electron chi connectivity index (χ4n) is 1.99. The zero-order valence-corrected chi connectivity index (χ0v) is 13.2. The Labute approximate surface area is 139 Å². The maximum Gasteiger partial charge on any atom is 0.172 e. The lowest BCUT2D eigenvalue weighted by molar-refractivity contribution is -0.113. The first-order valence-electron chi connectivity index (χ1n) is 6.87. The summed E-state index contributed by atoms with van der Waals surface area (Å²) in [7, 11) is 1.44. The molecule has 2 rings (SSSR count). The number of benzene rings is 2. The highest BCUT2D eigenvalue weighted by Crippen LogP contribution is 2.26. The van der Waals surface area contributed by atoms with Crippen LogP contribution in [0.1, 0.15) is 22.3 Å². The van der Waals surface area contributed by atoms with E-state index in [4.69, 9.17) is 16.3 Å². The normalized spacial score (nSPS) is 10.7. The van der Waals surface area contributed by atoms with Crippen molar-refractivity contribution < 1.29 is 19.4 Å². The molecule has 0 saturated heterocycles. The summed E-state index contributed by atoms with van der Waals surface area (Å²) in [6.07, 6.45) is 2.63. The Kier molecular flexibility index (Phi) is 5.55. The van der Waals surface area contributed by atoms with Crippen LogP contribution in [-0.4, -0.2) is 23.8 Å². The number of hydrogen-bond donors (Lipinski definition) is 1. The number of hydrogen-bond acceptors (Lipinski definition) is 4. The molecule has 0 aliphatic heterocycles. The van der Waals surface area contributed by atoms with Gasteiger partial charge in [0.05, 0.1) is 18.6 Å². The highest BCUT2D eigenvalue weighted by atomic mass is 35.5. The van der Waals surface area contributed by atoms with Crippen LogP contribution in [0.25, 0.3) is 6.08 Å². The van der Waals surface area contributed by atoms with Gasteiger partial charge in [-0.15, -0.1) is 0 Å².